The van der Waals surface area contributed by atoms with E-state index in [0.717, 1.165) is 48.0 Å². The highest BCUT2D eigenvalue weighted by Gasteiger charge is 2.51. The van der Waals surface area contributed by atoms with Gasteiger partial charge in [0.05, 0.1) is 5.52 Å². The van der Waals surface area contributed by atoms with Crippen LogP contribution >= 0.6 is 0 Å². The van der Waals surface area contributed by atoms with E-state index in [0.29, 0.717) is 0 Å². The second-order valence-corrected chi connectivity index (χ2v) is 7.62. The van der Waals surface area contributed by atoms with E-state index in [-0.39, 0.29) is 11.6 Å². The number of nitrogens with zero attached hydrogens (tertiary/aromatic N) is 3. The highest BCUT2D eigenvalue weighted by Crippen LogP contribution is 2.55. The molecule has 0 spiro atoms. The molecule has 1 aromatic carbocycles. The molecule has 1 heterocycles. The summed E-state index contributed by atoms with van der Waals surface area (Å²) in [5.74, 6) is 2.46. The number of rotatable bonds is 1. The summed E-state index contributed by atoms with van der Waals surface area (Å²) in [6, 6.07) is 7.50. The molecule has 6 rings (SSSR count). The lowest BCUT2D eigenvalue weighted by molar-refractivity contribution is -0.0135. The molecule has 114 valence electrons. The van der Waals surface area contributed by atoms with E-state index in [9.17, 15) is 4.79 Å². The van der Waals surface area contributed by atoms with Crippen LogP contribution in [-0.4, -0.2) is 26.6 Å². The van der Waals surface area contributed by atoms with Crippen molar-refractivity contribution < 1.29 is 4.79 Å². The molecule has 1 aromatic heterocycles. The zero-order valence-electron chi connectivity index (χ0n) is 12.5. The Morgan fingerprint density at radius 2 is 1.73 bits per heavy atom. The Labute approximate surface area is 129 Å². The molecule has 0 atom stereocenters. The summed E-state index contributed by atoms with van der Waals surface area (Å²) in [5, 5.41) is 11.5. The minimum Gasteiger partial charge on any atom is -0.331 e. The van der Waals surface area contributed by atoms with Crippen molar-refractivity contribution in [3.8, 4) is 0 Å². The van der Waals surface area contributed by atoms with E-state index in [2.05, 4.69) is 15.6 Å². The van der Waals surface area contributed by atoms with Gasteiger partial charge in [0.2, 0.25) is 0 Å². The third kappa shape index (κ3) is 1.81. The summed E-state index contributed by atoms with van der Waals surface area (Å²) < 4.78 is 1.42. The molecule has 0 aliphatic heterocycles. The number of para-hydroxylation sites is 1. The van der Waals surface area contributed by atoms with Gasteiger partial charge in [-0.15, -0.1) is 5.10 Å². The van der Waals surface area contributed by atoms with Crippen molar-refractivity contribution in [3.63, 3.8) is 0 Å². The monoisotopic (exact) mass is 296 g/mol. The van der Waals surface area contributed by atoms with Crippen molar-refractivity contribution in [1.82, 2.24) is 20.3 Å². The molecule has 4 aliphatic rings. The second-order valence-electron chi connectivity index (χ2n) is 7.62. The average Bonchev–Trinajstić information content (AvgIpc) is 2.89. The number of fused-ring (bicyclic) bond motifs is 1. The van der Waals surface area contributed by atoms with Gasteiger partial charge in [0.25, 0.3) is 0 Å². The number of carbonyl (C=O) groups is 1. The number of amides is 1. The lowest BCUT2D eigenvalue weighted by Crippen LogP contribution is -2.60. The summed E-state index contributed by atoms with van der Waals surface area (Å²) in [6.45, 7) is 0. The summed E-state index contributed by atoms with van der Waals surface area (Å²) in [6.07, 6.45) is 7.58. The summed E-state index contributed by atoms with van der Waals surface area (Å²) in [4.78, 5) is 12.8. The second kappa shape index (κ2) is 4.31. The number of hydrogen-bond acceptors (Lipinski definition) is 3. The normalized spacial score (nSPS) is 35.9. The molecule has 5 heteroatoms. The van der Waals surface area contributed by atoms with E-state index >= 15 is 0 Å². The molecule has 1 amide bonds. The van der Waals surface area contributed by atoms with Crippen LogP contribution < -0.4 is 5.32 Å². The van der Waals surface area contributed by atoms with Crippen LogP contribution in [0.2, 0.25) is 0 Å². The van der Waals surface area contributed by atoms with Gasteiger partial charge in [-0.1, -0.05) is 17.3 Å². The molecule has 0 radical (unpaired) electrons. The maximum absolute atomic E-state index is 12.8. The van der Waals surface area contributed by atoms with Crippen LogP contribution in [0.25, 0.3) is 11.0 Å². The minimum absolute atomic E-state index is 0.0128. The van der Waals surface area contributed by atoms with Crippen molar-refractivity contribution in [3.05, 3.63) is 24.3 Å². The van der Waals surface area contributed by atoms with Crippen molar-refractivity contribution in [2.45, 2.75) is 44.1 Å². The number of nitrogens with one attached hydrogen (secondary N) is 1. The first-order valence-corrected chi connectivity index (χ1v) is 8.34. The summed E-state index contributed by atoms with van der Waals surface area (Å²) >= 11 is 0. The van der Waals surface area contributed by atoms with E-state index in [1.165, 1.54) is 23.9 Å². The van der Waals surface area contributed by atoms with Crippen molar-refractivity contribution in [1.29, 1.82) is 0 Å². The predicted molar refractivity (Wildman–Crippen MR) is 82.4 cm³/mol. The largest absolute Gasteiger partial charge is 0.344 e. The Morgan fingerprint density at radius 1 is 1.09 bits per heavy atom. The molecule has 2 aromatic rings. The van der Waals surface area contributed by atoms with Crippen molar-refractivity contribution in [2.24, 2.45) is 17.8 Å². The van der Waals surface area contributed by atoms with Gasteiger partial charge in [0, 0.05) is 5.54 Å². The van der Waals surface area contributed by atoms with E-state index in [1.54, 1.807) is 0 Å². The number of benzene rings is 1. The van der Waals surface area contributed by atoms with Gasteiger partial charge in [-0.2, -0.15) is 4.68 Å². The average molecular weight is 296 g/mol. The Morgan fingerprint density at radius 3 is 2.41 bits per heavy atom. The number of aromatic nitrogens is 3. The fourth-order valence-electron chi connectivity index (χ4n) is 5.56. The van der Waals surface area contributed by atoms with E-state index in [4.69, 9.17) is 0 Å². The topological polar surface area (TPSA) is 59.8 Å². The summed E-state index contributed by atoms with van der Waals surface area (Å²) in [7, 11) is 0. The zero-order chi connectivity index (χ0) is 14.7. The SMILES string of the molecule is O=C(NC12CC3CC(CC(C3)C1)C2)n1nnc2ccccc21. The molecule has 4 bridgehead atoms. The first-order chi connectivity index (χ1) is 10.7. The molecule has 4 aliphatic carbocycles. The molecule has 4 fully saturated rings. The molecule has 4 saturated carbocycles. The molecule has 0 saturated heterocycles. The van der Waals surface area contributed by atoms with E-state index in [1.807, 2.05) is 24.3 Å². The van der Waals surface area contributed by atoms with Gasteiger partial charge in [-0.3, -0.25) is 0 Å². The van der Waals surface area contributed by atoms with Gasteiger partial charge < -0.3 is 5.32 Å². The van der Waals surface area contributed by atoms with Crippen LogP contribution in [0.5, 0.6) is 0 Å². The molecule has 1 N–H and O–H groups in total. The third-order valence-electron chi connectivity index (χ3n) is 5.95. The van der Waals surface area contributed by atoms with Crippen LogP contribution in [0, 0.1) is 17.8 Å². The predicted octanol–water partition coefficient (Wildman–Crippen LogP) is 2.96. The Kier molecular flexibility index (Phi) is 2.47. The minimum atomic E-state index is -0.115. The van der Waals surface area contributed by atoms with Crippen LogP contribution in [0.3, 0.4) is 0 Å². The Hall–Kier alpha value is -1.91. The highest BCUT2D eigenvalue weighted by molar-refractivity contribution is 5.88. The van der Waals surface area contributed by atoms with E-state index < -0.39 is 0 Å². The van der Waals surface area contributed by atoms with Crippen molar-refractivity contribution >= 4 is 17.1 Å². The third-order valence-corrected chi connectivity index (χ3v) is 5.95. The lowest BCUT2D eigenvalue weighted by atomic mass is 9.53. The standard InChI is InChI=1S/C17H20N4O/c22-16(21-15-4-2-1-3-14(15)19-20-21)18-17-8-11-5-12(9-17)7-13(6-11)10-17/h1-4,11-13H,5-10H2,(H,18,22). The first-order valence-electron chi connectivity index (χ1n) is 8.34. The molecular formula is C17H20N4O. The molecule has 0 unspecified atom stereocenters. The van der Waals surface area contributed by atoms with Gasteiger partial charge in [0.1, 0.15) is 5.52 Å². The quantitative estimate of drug-likeness (QED) is 0.880. The van der Waals surface area contributed by atoms with Crippen LogP contribution in [0.4, 0.5) is 4.79 Å². The molecular weight excluding hydrogens is 276 g/mol. The number of carbonyl (C=O) groups excluding carboxylic acids is 1. The van der Waals surface area contributed by atoms with Crippen LogP contribution in [-0.2, 0) is 0 Å². The van der Waals surface area contributed by atoms with Gasteiger partial charge in [0.15, 0.2) is 0 Å². The lowest BCUT2D eigenvalue weighted by Gasteiger charge is -2.56. The number of hydrogen-bond donors (Lipinski definition) is 1. The fraction of sp³-hybridized carbons (Fsp3) is 0.588. The highest BCUT2D eigenvalue weighted by atomic mass is 16.2. The smallest absolute Gasteiger partial charge is 0.331 e. The maximum Gasteiger partial charge on any atom is 0.344 e. The molecule has 22 heavy (non-hydrogen) atoms. The first kappa shape index (κ1) is 12.6. The Bertz CT molecular complexity index is 715. The van der Waals surface area contributed by atoms with Gasteiger partial charge in [-0.05, 0) is 68.4 Å². The molecule has 5 nitrogen and oxygen atoms in total. The van der Waals surface area contributed by atoms with Crippen molar-refractivity contribution in [2.75, 3.05) is 0 Å². The van der Waals surface area contributed by atoms with Crippen LogP contribution in [0.15, 0.2) is 24.3 Å². The maximum atomic E-state index is 12.8. The van der Waals surface area contributed by atoms with Gasteiger partial charge >= 0.3 is 6.03 Å². The summed E-state index contributed by atoms with van der Waals surface area (Å²) in [5.41, 5.74) is 1.56. The zero-order valence-corrected chi connectivity index (χ0v) is 12.5. The fourth-order valence-corrected chi connectivity index (χ4v) is 5.56. The Balaban J connectivity index is 1.45. The van der Waals surface area contributed by atoms with Crippen LogP contribution in [0.1, 0.15) is 38.5 Å². The van der Waals surface area contributed by atoms with Gasteiger partial charge in [-0.25, -0.2) is 4.79 Å².